The number of sulfonamides is 1. The number of hydrogen-bond acceptors (Lipinski definition) is 7. The number of esters is 1. The van der Waals surface area contributed by atoms with Gasteiger partial charge < -0.3 is 19.6 Å². The van der Waals surface area contributed by atoms with E-state index in [1.165, 1.54) is 42.7 Å². The molecule has 0 atom stereocenters. The molecule has 146 valence electrons. The lowest BCUT2D eigenvalue weighted by atomic mass is 10.1. The molecule has 0 radical (unpaired) electrons. The van der Waals surface area contributed by atoms with Crippen LogP contribution in [-0.4, -0.2) is 32.0 Å². The van der Waals surface area contributed by atoms with Crippen LogP contribution in [0, 0.1) is 0 Å². The number of amides is 1. The van der Waals surface area contributed by atoms with Crippen LogP contribution >= 0.6 is 0 Å². The molecule has 0 aliphatic heterocycles. The van der Waals surface area contributed by atoms with Gasteiger partial charge in [0.15, 0.2) is 6.61 Å². The number of nitrogens with one attached hydrogen (secondary N) is 1. The number of ether oxygens (including phenoxy) is 1. The van der Waals surface area contributed by atoms with E-state index in [2.05, 4.69) is 5.32 Å². The molecule has 0 spiro atoms. The Bertz CT molecular complexity index is 1130. The number of rotatable bonds is 6. The van der Waals surface area contributed by atoms with Gasteiger partial charge in [-0.15, -0.1) is 0 Å². The average molecular weight is 404 g/mol. The summed E-state index contributed by atoms with van der Waals surface area (Å²) in [6.45, 7) is -0.508. The molecule has 4 N–H and O–H groups in total. The van der Waals surface area contributed by atoms with Gasteiger partial charge in [-0.05, 0) is 36.4 Å². The van der Waals surface area contributed by atoms with Gasteiger partial charge >= 0.3 is 5.97 Å². The summed E-state index contributed by atoms with van der Waals surface area (Å²) in [5.74, 6) is -1.17. The molecule has 1 amide bonds. The molecule has 0 aliphatic rings. The van der Waals surface area contributed by atoms with Gasteiger partial charge in [0.05, 0.1) is 17.6 Å². The lowest BCUT2D eigenvalue weighted by molar-refractivity contribution is -0.146. The lowest BCUT2D eigenvalue weighted by Gasteiger charge is -2.07. The molecule has 0 aliphatic carbocycles. The van der Waals surface area contributed by atoms with Gasteiger partial charge in [-0.2, -0.15) is 0 Å². The number of fused-ring (bicyclic) bond motifs is 1. The number of primary sulfonamides is 1. The van der Waals surface area contributed by atoms with Gasteiger partial charge in [0.25, 0.3) is 5.91 Å². The monoisotopic (exact) mass is 404 g/mol. The van der Waals surface area contributed by atoms with Crippen LogP contribution in [0.25, 0.3) is 11.0 Å². The second-order valence-electron chi connectivity index (χ2n) is 5.90. The first-order valence-corrected chi connectivity index (χ1v) is 9.54. The molecule has 3 aromatic rings. The van der Waals surface area contributed by atoms with Gasteiger partial charge in [-0.3, -0.25) is 9.59 Å². The third kappa shape index (κ3) is 4.67. The molecule has 1 aromatic heterocycles. The summed E-state index contributed by atoms with van der Waals surface area (Å²) in [6, 6.07) is 9.76. The van der Waals surface area contributed by atoms with Crippen LogP contribution in [0.4, 0.5) is 5.69 Å². The predicted molar refractivity (Wildman–Crippen MR) is 99.0 cm³/mol. The normalized spacial score (nSPS) is 11.3. The van der Waals surface area contributed by atoms with Crippen LogP contribution in [0.1, 0.15) is 5.56 Å². The summed E-state index contributed by atoms with van der Waals surface area (Å²) in [5.41, 5.74) is 1.33. The van der Waals surface area contributed by atoms with E-state index in [0.717, 1.165) is 0 Å². The fraction of sp³-hybridized carbons (Fsp3) is 0.111. The summed E-state index contributed by atoms with van der Waals surface area (Å²) in [6.07, 6.45) is 1.28. The van der Waals surface area contributed by atoms with Crippen molar-refractivity contribution in [2.45, 2.75) is 11.3 Å². The third-order valence-electron chi connectivity index (χ3n) is 3.80. The minimum absolute atomic E-state index is 0.0461. The SMILES string of the molecule is NS(=O)(=O)c1ccc(NC(=O)COC(=O)Cc2coc3cc(O)ccc23)cc1. The van der Waals surface area contributed by atoms with Gasteiger partial charge in [-0.25, -0.2) is 13.6 Å². The van der Waals surface area contributed by atoms with E-state index in [-0.39, 0.29) is 17.1 Å². The maximum absolute atomic E-state index is 12.0. The molecule has 1 heterocycles. The largest absolute Gasteiger partial charge is 0.508 e. The lowest BCUT2D eigenvalue weighted by Crippen LogP contribution is -2.21. The molecule has 0 fully saturated rings. The standard InChI is InChI=1S/C18H16N2O7S/c19-28(24,25)14-4-1-12(2-5-14)20-17(22)10-27-18(23)7-11-9-26-16-8-13(21)3-6-15(11)16/h1-6,8-9,21H,7,10H2,(H,20,22)(H2,19,24,25). The van der Waals surface area contributed by atoms with E-state index in [1.807, 2.05) is 0 Å². The highest BCUT2D eigenvalue weighted by Crippen LogP contribution is 2.25. The fourth-order valence-corrected chi connectivity index (χ4v) is 3.00. The van der Waals surface area contributed by atoms with Crippen LogP contribution < -0.4 is 10.5 Å². The van der Waals surface area contributed by atoms with Crippen LogP contribution in [0.2, 0.25) is 0 Å². The zero-order chi connectivity index (χ0) is 20.3. The first kappa shape index (κ1) is 19.4. The van der Waals surface area contributed by atoms with Crippen molar-refractivity contribution >= 4 is 38.6 Å². The molecule has 0 saturated heterocycles. The van der Waals surface area contributed by atoms with Gasteiger partial charge in [0.1, 0.15) is 11.3 Å². The van der Waals surface area contributed by atoms with Crippen LogP contribution in [0.5, 0.6) is 5.75 Å². The number of hydrogen-bond donors (Lipinski definition) is 3. The fourth-order valence-electron chi connectivity index (χ4n) is 2.49. The number of phenols is 1. The minimum atomic E-state index is -3.82. The van der Waals surface area contributed by atoms with Crippen molar-refractivity contribution in [3.8, 4) is 5.75 Å². The minimum Gasteiger partial charge on any atom is -0.508 e. The Morgan fingerprint density at radius 3 is 2.54 bits per heavy atom. The zero-order valence-corrected chi connectivity index (χ0v) is 15.2. The summed E-state index contributed by atoms with van der Waals surface area (Å²) in [7, 11) is -3.82. The molecular weight excluding hydrogens is 388 g/mol. The number of aromatic hydroxyl groups is 1. The number of furan rings is 1. The number of carbonyl (C=O) groups excluding carboxylic acids is 2. The smallest absolute Gasteiger partial charge is 0.310 e. The Morgan fingerprint density at radius 1 is 1.14 bits per heavy atom. The maximum atomic E-state index is 12.0. The first-order chi connectivity index (χ1) is 13.2. The number of nitrogens with two attached hydrogens (primary N) is 1. The van der Waals surface area contributed by atoms with Crippen LogP contribution in [0.3, 0.4) is 0 Å². The first-order valence-electron chi connectivity index (χ1n) is 8.00. The molecule has 0 bridgehead atoms. The van der Waals surface area contributed by atoms with E-state index >= 15 is 0 Å². The topological polar surface area (TPSA) is 149 Å². The van der Waals surface area contributed by atoms with E-state index in [1.54, 1.807) is 6.07 Å². The Hall–Kier alpha value is -3.37. The summed E-state index contributed by atoms with van der Waals surface area (Å²) >= 11 is 0. The van der Waals surface area contributed by atoms with Crippen molar-refractivity contribution in [3.05, 3.63) is 54.3 Å². The molecule has 2 aromatic carbocycles. The predicted octanol–water partition coefficient (Wildman–Crippen LogP) is 1.51. The van der Waals surface area contributed by atoms with E-state index in [9.17, 15) is 23.1 Å². The summed E-state index contributed by atoms with van der Waals surface area (Å²) in [5, 5.41) is 17.5. The van der Waals surface area contributed by atoms with Crippen molar-refractivity contribution in [1.29, 1.82) is 0 Å². The maximum Gasteiger partial charge on any atom is 0.310 e. The molecule has 28 heavy (non-hydrogen) atoms. The van der Waals surface area contributed by atoms with Crippen LogP contribution in [0.15, 0.2) is 58.0 Å². The second-order valence-corrected chi connectivity index (χ2v) is 7.46. The van der Waals surface area contributed by atoms with Gasteiger partial charge in [-0.1, -0.05) is 0 Å². The number of phenolic OH excluding ortho intramolecular Hbond substituents is 1. The van der Waals surface area contributed by atoms with Crippen molar-refractivity contribution in [2.24, 2.45) is 5.14 Å². The Morgan fingerprint density at radius 2 is 1.86 bits per heavy atom. The third-order valence-corrected chi connectivity index (χ3v) is 4.73. The van der Waals surface area contributed by atoms with E-state index in [4.69, 9.17) is 14.3 Å². The average Bonchev–Trinajstić information content (AvgIpc) is 3.01. The molecule has 0 saturated carbocycles. The van der Waals surface area contributed by atoms with Crippen molar-refractivity contribution < 1.29 is 32.3 Å². The number of anilines is 1. The van der Waals surface area contributed by atoms with Crippen LogP contribution in [-0.2, 0) is 30.8 Å². The Balaban J connectivity index is 1.53. The highest BCUT2D eigenvalue weighted by molar-refractivity contribution is 7.89. The van der Waals surface area contributed by atoms with Crippen molar-refractivity contribution in [3.63, 3.8) is 0 Å². The van der Waals surface area contributed by atoms with E-state index in [0.29, 0.717) is 22.2 Å². The molecule has 0 unspecified atom stereocenters. The highest BCUT2D eigenvalue weighted by atomic mass is 32.2. The molecule has 9 nitrogen and oxygen atoms in total. The van der Waals surface area contributed by atoms with Gasteiger partial charge in [0.2, 0.25) is 10.0 Å². The van der Waals surface area contributed by atoms with Crippen molar-refractivity contribution in [2.75, 3.05) is 11.9 Å². The summed E-state index contributed by atoms with van der Waals surface area (Å²) < 4.78 is 32.6. The second kappa shape index (κ2) is 7.71. The van der Waals surface area contributed by atoms with Crippen molar-refractivity contribution in [1.82, 2.24) is 0 Å². The quantitative estimate of drug-likeness (QED) is 0.527. The van der Waals surface area contributed by atoms with E-state index < -0.39 is 28.5 Å². The summed E-state index contributed by atoms with van der Waals surface area (Å²) in [4.78, 5) is 23.7. The Kier molecular flexibility index (Phi) is 5.34. The Labute approximate surface area is 159 Å². The zero-order valence-electron chi connectivity index (χ0n) is 14.4. The number of carbonyl (C=O) groups is 2. The molecular formula is C18H16N2O7S. The highest BCUT2D eigenvalue weighted by Gasteiger charge is 2.14. The number of benzene rings is 2. The molecule has 10 heteroatoms. The molecule has 3 rings (SSSR count). The van der Waals surface area contributed by atoms with Gasteiger partial charge in [0, 0.05) is 22.7 Å².